The molecule has 1 N–H and O–H groups in total. The average Bonchev–Trinajstić information content (AvgIpc) is 2.82. The van der Waals surface area contributed by atoms with Gasteiger partial charge in [0.05, 0.1) is 11.5 Å². The summed E-state index contributed by atoms with van der Waals surface area (Å²) in [4.78, 5) is 38.8. The summed E-state index contributed by atoms with van der Waals surface area (Å²) in [5.74, 6) is -0.632. The van der Waals surface area contributed by atoms with Crippen molar-refractivity contribution in [3.05, 3.63) is 34.9 Å². The van der Waals surface area contributed by atoms with Crippen LogP contribution < -0.4 is 5.32 Å². The SMILES string of the molecule is Cc1ccc([C@H](C)NC(=O)CN2C(=O)CC3(CCCCC3)C2=O)cc1C. The largest absolute Gasteiger partial charge is 0.348 e. The maximum absolute atomic E-state index is 12.8. The van der Waals surface area contributed by atoms with E-state index in [1.54, 1.807) is 0 Å². The van der Waals surface area contributed by atoms with Gasteiger partial charge in [0, 0.05) is 6.42 Å². The van der Waals surface area contributed by atoms with Crippen LogP contribution in [0.25, 0.3) is 0 Å². The van der Waals surface area contributed by atoms with E-state index >= 15 is 0 Å². The first kappa shape index (κ1) is 18.6. The maximum Gasteiger partial charge on any atom is 0.240 e. The molecule has 1 aliphatic carbocycles. The topological polar surface area (TPSA) is 66.5 Å². The van der Waals surface area contributed by atoms with Crippen molar-refractivity contribution in [2.75, 3.05) is 6.54 Å². The quantitative estimate of drug-likeness (QED) is 0.843. The van der Waals surface area contributed by atoms with Gasteiger partial charge in [0.1, 0.15) is 6.54 Å². The second-order valence-corrected chi connectivity index (χ2v) is 7.94. The molecule has 3 amide bonds. The van der Waals surface area contributed by atoms with Gasteiger partial charge >= 0.3 is 0 Å². The van der Waals surface area contributed by atoms with E-state index in [-0.39, 0.29) is 36.7 Å². The van der Waals surface area contributed by atoms with Crippen LogP contribution in [-0.2, 0) is 14.4 Å². The van der Waals surface area contributed by atoms with E-state index in [0.29, 0.717) is 0 Å². The number of likely N-dealkylation sites (tertiary alicyclic amines) is 1. The van der Waals surface area contributed by atoms with Gasteiger partial charge in [-0.05, 0) is 50.3 Å². The zero-order valence-electron chi connectivity index (χ0n) is 15.9. The van der Waals surface area contributed by atoms with Crippen molar-refractivity contribution in [1.29, 1.82) is 0 Å². The van der Waals surface area contributed by atoms with Crippen LogP contribution in [0.5, 0.6) is 0 Å². The Morgan fingerprint density at radius 3 is 2.50 bits per heavy atom. The smallest absolute Gasteiger partial charge is 0.240 e. The molecule has 1 aromatic rings. The van der Waals surface area contributed by atoms with E-state index < -0.39 is 5.41 Å². The fourth-order valence-electron chi connectivity index (χ4n) is 4.19. The number of hydrogen-bond acceptors (Lipinski definition) is 3. The molecule has 1 aromatic carbocycles. The van der Waals surface area contributed by atoms with Gasteiger partial charge in [0.2, 0.25) is 17.7 Å². The summed E-state index contributed by atoms with van der Waals surface area (Å²) in [5.41, 5.74) is 2.87. The second kappa shape index (κ2) is 7.22. The molecule has 2 aliphatic rings. The summed E-state index contributed by atoms with van der Waals surface area (Å²) in [6.07, 6.45) is 4.91. The number of amides is 3. The molecule has 0 radical (unpaired) electrons. The average molecular weight is 356 g/mol. The highest BCUT2D eigenvalue weighted by molar-refractivity contribution is 6.08. The molecule has 140 valence electrons. The van der Waals surface area contributed by atoms with Gasteiger partial charge in [-0.3, -0.25) is 19.3 Å². The number of aryl methyl sites for hydroxylation is 2. The number of carbonyl (C=O) groups excluding carboxylic acids is 3. The molecular weight excluding hydrogens is 328 g/mol. The van der Waals surface area contributed by atoms with Crippen LogP contribution >= 0.6 is 0 Å². The highest BCUT2D eigenvalue weighted by Crippen LogP contribution is 2.45. The molecule has 0 aromatic heterocycles. The van der Waals surface area contributed by atoms with Crippen LogP contribution in [0.2, 0.25) is 0 Å². The first-order valence-corrected chi connectivity index (χ1v) is 9.54. The lowest BCUT2D eigenvalue weighted by Crippen LogP contribution is -2.43. The second-order valence-electron chi connectivity index (χ2n) is 7.94. The Bertz CT molecular complexity index is 735. The van der Waals surface area contributed by atoms with Crippen LogP contribution in [0.4, 0.5) is 0 Å². The van der Waals surface area contributed by atoms with Gasteiger partial charge in [0.15, 0.2) is 0 Å². The number of hydrogen-bond donors (Lipinski definition) is 1. The van der Waals surface area contributed by atoms with Crippen LogP contribution in [0.3, 0.4) is 0 Å². The Morgan fingerprint density at radius 2 is 1.85 bits per heavy atom. The summed E-state index contributed by atoms with van der Waals surface area (Å²) < 4.78 is 0. The van der Waals surface area contributed by atoms with Gasteiger partial charge in [-0.15, -0.1) is 0 Å². The van der Waals surface area contributed by atoms with Gasteiger partial charge in [-0.25, -0.2) is 0 Å². The van der Waals surface area contributed by atoms with Crippen LogP contribution in [-0.4, -0.2) is 29.2 Å². The first-order valence-electron chi connectivity index (χ1n) is 9.54. The number of nitrogens with zero attached hydrogens (tertiary/aromatic N) is 1. The van der Waals surface area contributed by atoms with Crippen molar-refractivity contribution in [2.45, 2.75) is 65.3 Å². The van der Waals surface area contributed by atoms with Crippen LogP contribution in [0.15, 0.2) is 18.2 Å². The minimum Gasteiger partial charge on any atom is -0.348 e. The molecule has 1 spiro atoms. The molecule has 0 unspecified atom stereocenters. The van der Waals surface area contributed by atoms with Crippen LogP contribution in [0, 0.1) is 19.3 Å². The Morgan fingerprint density at radius 1 is 1.15 bits per heavy atom. The first-order chi connectivity index (χ1) is 12.3. The molecule has 1 saturated carbocycles. The van der Waals surface area contributed by atoms with E-state index in [1.165, 1.54) is 16.0 Å². The summed E-state index contributed by atoms with van der Waals surface area (Å²) >= 11 is 0. The number of imide groups is 1. The number of nitrogens with one attached hydrogen (secondary N) is 1. The zero-order valence-corrected chi connectivity index (χ0v) is 15.9. The van der Waals surface area contributed by atoms with Crippen molar-refractivity contribution in [3.8, 4) is 0 Å². The molecule has 0 bridgehead atoms. The van der Waals surface area contributed by atoms with Crippen LogP contribution in [0.1, 0.15) is 68.2 Å². The van der Waals surface area contributed by atoms with Gasteiger partial charge in [-0.2, -0.15) is 0 Å². The highest BCUT2D eigenvalue weighted by atomic mass is 16.2. The monoisotopic (exact) mass is 356 g/mol. The lowest BCUT2D eigenvalue weighted by Gasteiger charge is -2.30. The maximum atomic E-state index is 12.8. The standard InChI is InChI=1S/C21H28N2O3/c1-14-7-8-17(11-15(14)2)16(3)22-18(24)13-23-19(25)12-21(20(23)26)9-5-4-6-10-21/h7-8,11,16H,4-6,9-10,12-13H2,1-3H3,(H,22,24)/t16-/m0/s1. The van der Waals surface area contributed by atoms with Gasteiger partial charge in [0.25, 0.3) is 0 Å². The normalized spacial score (nSPS) is 20.5. The van der Waals surface area contributed by atoms with E-state index in [1.807, 2.05) is 32.9 Å². The van der Waals surface area contributed by atoms with Crippen molar-refractivity contribution >= 4 is 17.7 Å². The molecule has 1 saturated heterocycles. The van der Waals surface area contributed by atoms with Gasteiger partial charge < -0.3 is 5.32 Å². The molecule has 1 atom stereocenters. The van der Waals surface area contributed by atoms with Crippen molar-refractivity contribution < 1.29 is 14.4 Å². The predicted molar refractivity (Wildman–Crippen MR) is 99.3 cm³/mol. The fourth-order valence-corrected chi connectivity index (χ4v) is 4.19. The molecule has 1 heterocycles. The third-order valence-corrected chi connectivity index (χ3v) is 6.01. The van der Waals surface area contributed by atoms with Gasteiger partial charge in [-0.1, -0.05) is 37.5 Å². The third kappa shape index (κ3) is 3.53. The molecular formula is C21H28N2O3. The zero-order chi connectivity index (χ0) is 18.9. The number of carbonyl (C=O) groups is 3. The minimum absolute atomic E-state index is 0.142. The summed E-state index contributed by atoms with van der Waals surface area (Å²) in [6.45, 7) is 5.83. The molecule has 26 heavy (non-hydrogen) atoms. The van der Waals surface area contributed by atoms with Crippen molar-refractivity contribution in [1.82, 2.24) is 10.2 Å². The van der Waals surface area contributed by atoms with E-state index in [4.69, 9.17) is 0 Å². The number of rotatable bonds is 4. The summed E-state index contributed by atoms with van der Waals surface area (Å²) in [5, 5.41) is 2.92. The summed E-state index contributed by atoms with van der Waals surface area (Å²) in [7, 11) is 0. The minimum atomic E-state index is -0.532. The fraction of sp³-hybridized carbons (Fsp3) is 0.571. The lowest BCUT2D eigenvalue weighted by atomic mass is 9.73. The molecule has 3 rings (SSSR count). The van der Waals surface area contributed by atoms with Crippen molar-refractivity contribution in [2.24, 2.45) is 5.41 Å². The van der Waals surface area contributed by atoms with E-state index in [0.717, 1.165) is 37.7 Å². The molecule has 5 nitrogen and oxygen atoms in total. The van der Waals surface area contributed by atoms with Crippen molar-refractivity contribution in [3.63, 3.8) is 0 Å². The number of benzene rings is 1. The highest BCUT2D eigenvalue weighted by Gasteiger charge is 2.51. The third-order valence-electron chi connectivity index (χ3n) is 6.01. The molecule has 2 fully saturated rings. The Balaban J connectivity index is 1.63. The molecule has 1 aliphatic heterocycles. The molecule has 5 heteroatoms. The Kier molecular flexibility index (Phi) is 5.17. The van der Waals surface area contributed by atoms with E-state index in [9.17, 15) is 14.4 Å². The Labute approximate surface area is 155 Å². The lowest BCUT2D eigenvalue weighted by molar-refractivity contribution is -0.145. The Hall–Kier alpha value is -2.17. The summed E-state index contributed by atoms with van der Waals surface area (Å²) in [6, 6.07) is 5.92. The van der Waals surface area contributed by atoms with E-state index in [2.05, 4.69) is 11.4 Å². The predicted octanol–water partition coefficient (Wildman–Crippen LogP) is 3.19.